The first-order valence-electron chi connectivity index (χ1n) is 5.35. The van der Waals surface area contributed by atoms with Crippen LogP contribution in [0.15, 0.2) is 12.1 Å². The van der Waals surface area contributed by atoms with E-state index in [0.717, 1.165) is 13.0 Å². The van der Waals surface area contributed by atoms with Gasteiger partial charge in [-0.05, 0) is 26.0 Å². The van der Waals surface area contributed by atoms with Crippen molar-refractivity contribution in [3.63, 3.8) is 0 Å². The molecule has 0 aliphatic heterocycles. The highest BCUT2D eigenvalue weighted by atomic mass is 19.4. The van der Waals surface area contributed by atoms with Gasteiger partial charge in [-0.15, -0.1) is 0 Å². The van der Waals surface area contributed by atoms with Crippen molar-refractivity contribution in [3.8, 4) is 5.75 Å². The fourth-order valence-electron chi connectivity index (χ4n) is 1.56. The molecule has 1 rings (SSSR count). The lowest BCUT2D eigenvalue weighted by atomic mass is 10.0. The average Bonchev–Trinajstić information content (AvgIpc) is 2.26. The molecule has 0 saturated heterocycles. The van der Waals surface area contributed by atoms with Gasteiger partial charge in [0.25, 0.3) is 6.43 Å². The largest absolute Gasteiger partial charge is 0.493 e. The Morgan fingerprint density at radius 3 is 2.26 bits per heavy atom. The quantitative estimate of drug-likeness (QED) is 0.609. The van der Waals surface area contributed by atoms with E-state index in [1.807, 2.05) is 0 Å². The van der Waals surface area contributed by atoms with E-state index in [2.05, 4.69) is 0 Å². The van der Waals surface area contributed by atoms with Crippen LogP contribution >= 0.6 is 0 Å². The van der Waals surface area contributed by atoms with Crippen LogP contribution in [0.4, 0.5) is 22.0 Å². The summed E-state index contributed by atoms with van der Waals surface area (Å²) >= 11 is 0. The van der Waals surface area contributed by atoms with Crippen molar-refractivity contribution in [1.29, 1.82) is 0 Å². The Kier molecular flexibility index (Phi) is 4.49. The summed E-state index contributed by atoms with van der Waals surface area (Å²) in [7, 11) is 0. The Bertz CT molecular complexity index is 480. The minimum atomic E-state index is -4.98. The second-order valence-corrected chi connectivity index (χ2v) is 3.72. The second kappa shape index (κ2) is 5.54. The summed E-state index contributed by atoms with van der Waals surface area (Å²) < 4.78 is 68.7. The van der Waals surface area contributed by atoms with Gasteiger partial charge in [0.05, 0.1) is 17.7 Å². The number of carbonyl (C=O) groups excluding carboxylic acids is 1. The molecule has 0 unspecified atom stereocenters. The van der Waals surface area contributed by atoms with Gasteiger partial charge >= 0.3 is 6.18 Å². The van der Waals surface area contributed by atoms with E-state index in [9.17, 15) is 26.7 Å². The lowest BCUT2D eigenvalue weighted by molar-refractivity contribution is -0.139. The van der Waals surface area contributed by atoms with Gasteiger partial charge in [-0.3, -0.25) is 4.79 Å². The highest BCUT2D eigenvalue weighted by Crippen LogP contribution is 2.42. The predicted molar refractivity (Wildman–Crippen MR) is 57.6 cm³/mol. The van der Waals surface area contributed by atoms with Crippen LogP contribution in [0.2, 0.25) is 0 Å². The Hall–Kier alpha value is -1.66. The molecule has 0 bridgehead atoms. The minimum Gasteiger partial charge on any atom is -0.493 e. The maximum absolute atomic E-state index is 12.8. The zero-order valence-electron chi connectivity index (χ0n) is 10.1. The first kappa shape index (κ1) is 15.4. The molecule has 0 radical (unpaired) electrons. The summed E-state index contributed by atoms with van der Waals surface area (Å²) in [6.07, 6.45) is -8.33. The summed E-state index contributed by atoms with van der Waals surface area (Å²) in [6.45, 7) is 2.41. The molecule has 1 aromatic rings. The smallest absolute Gasteiger partial charge is 0.417 e. The molecule has 0 amide bonds. The number of carbonyl (C=O) groups is 1. The maximum Gasteiger partial charge on any atom is 0.417 e. The molecule has 0 spiro atoms. The first-order valence-corrected chi connectivity index (χ1v) is 5.35. The summed E-state index contributed by atoms with van der Waals surface area (Å²) in [5.74, 6) is -1.27. The van der Waals surface area contributed by atoms with Gasteiger partial charge in [0.2, 0.25) is 0 Å². The van der Waals surface area contributed by atoms with Gasteiger partial charge in [0.15, 0.2) is 5.78 Å². The van der Waals surface area contributed by atoms with Crippen LogP contribution in [0.1, 0.15) is 41.8 Å². The van der Waals surface area contributed by atoms with Crippen molar-refractivity contribution in [2.75, 3.05) is 6.61 Å². The van der Waals surface area contributed by atoms with Gasteiger partial charge < -0.3 is 4.74 Å². The van der Waals surface area contributed by atoms with Crippen LogP contribution in [0.3, 0.4) is 0 Å². The fourth-order valence-corrected chi connectivity index (χ4v) is 1.56. The van der Waals surface area contributed by atoms with Crippen molar-refractivity contribution in [2.24, 2.45) is 0 Å². The standard InChI is InChI=1S/C12H11F5O2/c1-3-19-9-5-7(6(2)18)4-8(12(15,16)17)10(9)11(13)14/h4-5,11H,3H2,1-2H3. The van der Waals surface area contributed by atoms with Crippen LogP contribution in [0, 0.1) is 0 Å². The third-order valence-corrected chi connectivity index (χ3v) is 2.37. The molecule has 19 heavy (non-hydrogen) atoms. The lowest BCUT2D eigenvalue weighted by Crippen LogP contribution is -2.13. The Balaban J connectivity index is 3.60. The number of benzene rings is 1. The number of alkyl halides is 5. The first-order chi connectivity index (χ1) is 8.68. The molecule has 0 N–H and O–H groups in total. The number of hydrogen-bond donors (Lipinski definition) is 0. The van der Waals surface area contributed by atoms with Crippen molar-refractivity contribution in [1.82, 2.24) is 0 Å². The van der Waals surface area contributed by atoms with Crippen molar-refractivity contribution in [3.05, 3.63) is 28.8 Å². The summed E-state index contributed by atoms with van der Waals surface area (Å²) in [5, 5.41) is 0. The highest BCUT2D eigenvalue weighted by molar-refractivity contribution is 5.95. The zero-order valence-corrected chi connectivity index (χ0v) is 10.1. The van der Waals surface area contributed by atoms with Gasteiger partial charge in [-0.2, -0.15) is 13.2 Å². The Morgan fingerprint density at radius 2 is 1.89 bits per heavy atom. The van der Waals surface area contributed by atoms with E-state index >= 15 is 0 Å². The molecular formula is C12H11F5O2. The molecule has 0 saturated carbocycles. The molecule has 0 heterocycles. The van der Waals surface area contributed by atoms with Crippen LogP contribution in [-0.2, 0) is 6.18 Å². The van der Waals surface area contributed by atoms with E-state index < -0.39 is 35.3 Å². The molecule has 0 fully saturated rings. The molecule has 0 atom stereocenters. The van der Waals surface area contributed by atoms with Gasteiger partial charge in [-0.1, -0.05) is 0 Å². The van der Waals surface area contributed by atoms with Crippen LogP contribution in [0.25, 0.3) is 0 Å². The number of ether oxygens (including phenoxy) is 1. The number of halogens is 5. The Morgan fingerprint density at radius 1 is 1.32 bits per heavy atom. The Labute approximate surface area is 106 Å². The number of ketones is 1. The van der Waals surface area contributed by atoms with Crippen LogP contribution in [-0.4, -0.2) is 12.4 Å². The summed E-state index contributed by atoms with van der Waals surface area (Å²) in [5.41, 5.74) is -3.10. The van der Waals surface area contributed by atoms with Crippen molar-refractivity contribution >= 4 is 5.78 Å². The van der Waals surface area contributed by atoms with Gasteiger partial charge in [-0.25, -0.2) is 8.78 Å². The summed E-state index contributed by atoms with van der Waals surface area (Å²) in [6, 6.07) is 1.33. The number of hydrogen-bond acceptors (Lipinski definition) is 2. The molecule has 106 valence electrons. The second-order valence-electron chi connectivity index (χ2n) is 3.72. The molecule has 0 aliphatic rings. The normalized spacial score (nSPS) is 11.8. The van der Waals surface area contributed by atoms with E-state index in [-0.39, 0.29) is 12.2 Å². The van der Waals surface area contributed by atoms with Crippen LogP contribution < -0.4 is 4.74 Å². The number of rotatable bonds is 4. The van der Waals surface area contributed by atoms with E-state index in [1.54, 1.807) is 0 Å². The SMILES string of the molecule is CCOc1cc(C(C)=O)cc(C(F)(F)F)c1C(F)F. The predicted octanol–water partition coefficient (Wildman–Crippen LogP) is 4.24. The van der Waals surface area contributed by atoms with Crippen LogP contribution in [0.5, 0.6) is 5.75 Å². The minimum absolute atomic E-state index is 0.0849. The highest BCUT2D eigenvalue weighted by Gasteiger charge is 2.38. The summed E-state index contributed by atoms with van der Waals surface area (Å²) in [4.78, 5) is 11.2. The van der Waals surface area contributed by atoms with E-state index in [4.69, 9.17) is 4.74 Å². The maximum atomic E-state index is 12.8. The van der Waals surface area contributed by atoms with Crippen molar-refractivity contribution < 1.29 is 31.5 Å². The molecule has 0 aromatic heterocycles. The monoisotopic (exact) mass is 282 g/mol. The van der Waals surface area contributed by atoms with E-state index in [1.165, 1.54) is 6.92 Å². The molecule has 2 nitrogen and oxygen atoms in total. The lowest BCUT2D eigenvalue weighted by Gasteiger charge is -2.17. The van der Waals surface area contributed by atoms with Gasteiger partial charge in [0, 0.05) is 5.56 Å². The van der Waals surface area contributed by atoms with Crippen molar-refractivity contribution in [2.45, 2.75) is 26.4 Å². The van der Waals surface area contributed by atoms with Gasteiger partial charge in [0.1, 0.15) is 5.75 Å². The van der Waals surface area contributed by atoms with E-state index in [0.29, 0.717) is 6.07 Å². The number of Topliss-reactive ketones (excluding diaryl/α,β-unsaturated/α-hetero) is 1. The molecule has 1 aromatic carbocycles. The fraction of sp³-hybridized carbons (Fsp3) is 0.417. The average molecular weight is 282 g/mol. The molecule has 0 aliphatic carbocycles. The molecular weight excluding hydrogens is 271 g/mol. The third-order valence-electron chi connectivity index (χ3n) is 2.37. The molecule has 7 heteroatoms. The zero-order chi connectivity index (χ0) is 14.8. The third kappa shape index (κ3) is 3.42. The topological polar surface area (TPSA) is 26.3 Å².